The van der Waals surface area contributed by atoms with Crippen LogP contribution in [0.5, 0.6) is 0 Å². The Bertz CT molecular complexity index is 1140. The Morgan fingerprint density at radius 1 is 1.15 bits per heavy atom. The molecule has 0 aliphatic heterocycles. The molecule has 2 amide bonds. The van der Waals surface area contributed by atoms with E-state index in [1.54, 1.807) is 36.4 Å². The summed E-state index contributed by atoms with van der Waals surface area (Å²) in [7, 11) is 0. The van der Waals surface area contributed by atoms with Crippen LogP contribution < -0.4 is 10.6 Å². The standard InChI is InChI=1S/C23H23Cl2N5O2S/c1-4-9-30-21(15(3)26-22(32)16-7-5-14(2)6-8-16)28-29-23(30)33-13-20(31)27-19-11-17(24)10-18(25)12-19/h4-8,10-12,15H,1,9,13H2,2-3H3,(H,26,32)(H,27,31)/t15-/m1/s1. The van der Waals surface area contributed by atoms with Crippen LogP contribution in [0.2, 0.25) is 10.0 Å². The van der Waals surface area contributed by atoms with Gasteiger partial charge in [0.05, 0.1) is 11.8 Å². The Labute approximate surface area is 206 Å². The molecule has 3 aromatic rings. The van der Waals surface area contributed by atoms with E-state index in [0.29, 0.717) is 38.8 Å². The number of carbonyl (C=O) groups is 2. The average Bonchev–Trinajstić information content (AvgIpc) is 3.15. The topological polar surface area (TPSA) is 88.9 Å². The molecule has 0 aliphatic rings. The second-order valence-corrected chi connectivity index (χ2v) is 9.11. The van der Waals surface area contributed by atoms with Gasteiger partial charge in [0.15, 0.2) is 11.0 Å². The van der Waals surface area contributed by atoms with Crippen molar-refractivity contribution in [2.75, 3.05) is 11.1 Å². The zero-order valence-electron chi connectivity index (χ0n) is 18.1. The predicted molar refractivity (Wildman–Crippen MR) is 133 cm³/mol. The number of carbonyl (C=O) groups excluding carboxylic acids is 2. The van der Waals surface area contributed by atoms with Gasteiger partial charge in [-0.1, -0.05) is 58.7 Å². The van der Waals surface area contributed by atoms with Crippen LogP contribution in [0.25, 0.3) is 0 Å². The number of benzene rings is 2. The van der Waals surface area contributed by atoms with Gasteiger partial charge in [0.1, 0.15) is 0 Å². The van der Waals surface area contributed by atoms with Crippen molar-refractivity contribution >= 4 is 52.5 Å². The summed E-state index contributed by atoms with van der Waals surface area (Å²) in [6, 6.07) is 11.7. The Balaban J connectivity index is 1.66. The molecule has 1 atom stereocenters. The summed E-state index contributed by atoms with van der Waals surface area (Å²) in [5.41, 5.74) is 2.16. The van der Waals surface area contributed by atoms with E-state index in [4.69, 9.17) is 23.2 Å². The number of anilines is 1. The van der Waals surface area contributed by atoms with Crippen molar-refractivity contribution in [1.29, 1.82) is 0 Å². The molecule has 0 aliphatic carbocycles. The Kier molecular flexibility index (Phi) is 8.55. The van der Waals surface area contributed by atoms with E-state index >= 15 is 0 Å². The zero-order chi connectivity index (χ0) is 24.0. The zero-order valence-corrected chi connectivity index (χ0v) is 20.5. The highest BCUT2D eigenvalue weighted by molar-refractivity contribution is 7.99. The Morgan fingerprint density at radius 3 is 2.45 bits per heavy atom. The molecule has 10 heteroatoms. The minimum Gasteiger partial charge on any atom is -0.342 e. The summed E-state index contributed by atoms with van der Waals surface area (Å²) < 4.78 is 1.82. The van der Waals surface area contributed by atoms with Gasteiger partial charge in [0.2, 0.25) is 5.91 Å². The molecule has 0 spiro atoms. The van der Waals surface area contributed by atoms with Crippen molar-refractivity contribution in [1.82, 2.24) is 20.1 Å². The van der Waals surface area contributed by atoms with E-state index < -0.39 is 6.04 Å². The van der Waals surface area contributed by atoms with Gasteiger partial charge in [-0.2, -0.15) is 0 Å². The first-order chi connectivity index (χ1) is 15.8. The molecule has 2 N–H and O–H groups in total. The highest BCUT2D eigenvalue weighted by Gasteiger charge is 2.20. The van der Waals surface area contributed by atoms with E-state index in [9.17, 15) is 9.59 Å². The van der Waals surface area contributed by atoms with Crippen LogP contribution in [0.15, 0.2) is 60.3 Å². The van der Waals surface area contributed by atoms with E-state index in [2.05, 4.69) is 27.4 Å². The first kappa shape index (κ1) is 24.8. The molecular formula is C23H23Cl2N5O2S. The lowest BCUT2D eigenvalue weighted by Gasteiger charge is -2.15. The second-order valence-electron chi connectivity index (χ2n) is 7.30. The number of aryl methyl sites for hydroxylation is 1. The van der Waals surface area contributed by atoms with E-state index in [1.165, 1.54) is 11.8 Å². The lowest BCUT2D eigenvalue weighted by molar-refractivity contribution is -0.113. The Hall–Kier alpha value is -2.81. The lowest BCUT2D eigenvalue weighted by atomic mass is 10.1. The molecule has 7 nitrogen and oxygen atoms in total. The fraction of sp³-hybridized carbons (Fsp3) is 0.217. The number of thioether (sulfide) groups is 1. The molecular weight excluding hydrogens is 481 g/mol. The maximum atomic E-state index is 12.6. The molecule has 1 heterocycles. The maximum absolute atomic E-state index is 12.6. The molecule has 0 saturated carbocycles. The van der Waals surface area contributed by atoms with E-state index in [0.717, 1.165) is 5.56 Å². The summed E-state index contributed by atoms with van der Waals surface area (Å²) in [5, 5.41) is 15.6. The van der Waals surface area contributed by atoms with Crippen molar-refractivity contribution in [3.8, 4) is 0 Å². The summed E-state index contributed by atoms with van der Waals surface area (Å²) in [6.07, 6.45) is 1.71. The molecule has 172 valence electrons. The lowest BCUT2D eigenvalue weighted by Crippen LogP contribution is -2.28. The van der Waals surface area contributed by atoms with Crippen molar-refractivity contribution in [2.45, 2.75) is 31.6 Å². The first-order valence-corrected chi connectivity index (χ1v) is 11.8. The average molecular weight is 504 g/mol. The first-order valence-electron chi connectivity index (χ1n) is 10.1. The number of halogens is 2. The number of nitrogens with one attached hydrogen (secondary N) is 2. The molecule has 0 bridgehead atoms. The normalized spacial score (nSPS) is 11.6. The molecule has 0 fully saturated rings. The predicted octanol–water partition coefficient (Wildman–Crippen LogP) is 5.30. The third-order valence-corrected chi connectivity index (χ3v) is 5.99. The summed E-state index contributed by atoms with van der Waals surface area (Å²) >= 11 is 13.2. The van der Waals surface area contributed by atoms with Crippen LogP contribution in [0.3, 0.4) is 0 Å². The highest BCUT2D eigenvalue weighted by atomic mass is 35.5. The number of amides is 2. The van der Waals surface area contributed by atoms with Gasteiger partial charge >= 0.3 is 0 Å². The fourth-order valence-electron chi connectivity index (χ4n) is 3.03. The van der Waals surface area contributed by atoms with E-state index in [1.807, 2.05) is 30.5 Å². The quantitative estimate of drug-likeness (QED) is 0.305. The smallest absolute Gasteiger partial charge is 0.251 e. The third kappa shape index (κ3) is 6.83. The van der Waals surface area contributed by atoms with Crippen LogP contribution in [-0.2, 0) is 11.3 Å². The molecule has 0 unspecified atom stereocenters. The number of aromatic nitrogens is 3. The van der Waals surface area contributed by atoms with E-state index in [-0.39, 0.29) is 17.6 Å². The molecule has 2 aromatic carbocycles. The third-order valence-electron chi connectivity index (χ3n) is 4.58. The molecule has 3 rings (SSSR count). The van der Waals surface area contributed by atoms with Gasteiger partial charge < -0.3 is 15.2 Å². The van der Waals surface area contributed by atoms with Crippen molar-refractivity contribution in [3.05, 3.63) is 82.1 Å². The molecule has 0 radical (unpaired) electrons. The van der Waals surface area contributed by atoms with Crippen molar-refractivity contribution < 1.29 is 9.59 Å². The fourth-order valence-corrected chi connectivity index (χ4v) is 4.31. The van der Waals surface area contributed by atoms with Crippen molar-refractivity contribution in [2.24, 2.45) is 0 Å². The second kappa shape index (κ2) is 11.4. The van der Waals surface area contributed by atoms with Gasteiger partial charge in [0.25, 0.3) is 5.91 Å². The van der Waals surface area contributed by atoms with Crippen LogP contribution in [0, 0.1) is 6.92 Å². The largest absolute Gasteiger partial charge is 0.342 e. The van der Waals surface area contributed by atoms with Crippen LogP contribution >= 0.6 is 35.0 Å². The number of rotatable bonds is 9. The minimum absolute atomic E-state index is 0.101. The Morgan fingerprint density at radius 2 is 1.82 bits per heavy atom. The SMILES string of the molecule is C=CCn1c(SCC(=O)Nc2cc(Cl)cc(Cl)c2)nnc1[C@@H](C)NC(=O)c1ccc(C)cc1. The van der Waals surface area contributed by atoms with Crippen LogP contribution in [0.1, 0.15) is 34.7 Å². The number of hydrogen-bond acceptors (Lipinski definition) is 5. The number of hydrogen-bond donors (Lipinski definition) is 2. The minimum atomic E-state index is -0.400. The highest BCUT2D eigenvalue weighted by Crippen LogP contribution is 2.24. The van der Waals surface area contributed by atoms with Gasteiger partial charge in [-0.25, -0.2) is 0 Å². The van der Waals surface area contributed by atoms with Gasteiger partial charge in [-0.05, 0) is 44.2 Å². The van der Waals surface area contributed by atoms with Gasteiger partial charge in [0, 0.05) is 27.8 Å². The summed E-state index contributed by atoms with van der Waals surface area (Å²) in [6.45, 7) is 8.01. The summed E-state index contributed by atoms with van der Waals surface area (Å²) in [4.78, 5) is 25.0. The number of nitrogens with zero attached hydrogens (tertiary/aromatic N) is 3. The molecule has 33 heavy (non-hydrogen) atoms. The van der Waals surface area contributed by atoms with Crippen LogP contribution in [0.4, 0.5) is 5.69 Å². The summed E-state index contributed by atoms with van der Waals surface area (Å²) in [5.74, 6) is 0.224. The molecule has 0 saturated heterocycles. The van der Waals surface area contributed by atoms with Gasteiger partial charge in [-0.3, -0.25) is 9.59 Å². The monoisotopic (exact) mass is 503 g/mol. The van der Waals surface area contributed by atoms with Crippen LogP contribution in [-0.4, -0.2) is 32.3 Å². The maximum Gasteiger partial charge on any atom is 0.251 e. The molecule has 1 aromatic heterocycles. The van der Waals surface area contributed by atoms with Crippen molar-refractivity contribution in [3.63, 3.8) is 0 Å². The van der Waals surface area contributed by atoms with Gasteiger partial charge in [-0.15, -0.1) is 16.8 Å². The number of allylic oxidation sites excluding steroid dienone is 1.